The summed E-state index contributed by atoms with van der Waals surface area (Å²) in [5, 5.41) is 4.03. The molecule has 0 radical (unpaired) electrons. The molecule has 17 aromatic carbocycles. The maximum atomic E-state index is 10.5. The number of nitrogens with zero attached hydrogens (tertiary/aromatic N) is 5. The quantitative estimate of drug-likeness (QED) is 0.129. The fourth-order valence-corrected chi connectivity index (χ4v) is 19.3. The SMILES string of the molecule is [2H]c1c([2H])c([2H])c2c(c1[2H])c1c([2H])c([2H])c([2H])c([2H])c1n2-c1cc2c3c(c1)N(c1c(-c4ccccc4)cc4c(c1-c1ccccc1)c1ccccc1n4-c1ccccc1)c1cc(-c4cc(C(C)(C)C)cc(C(C)(C)C)c4)ccc1C3c1cc(-c3cccc(C(C)(C)C)c3)ccc1N2c1c(-c2ccccc2)cc2c(c1-c1ccccc1)c1ccccc1n2-c1ccccc1. The van der Waals surface area contributed by atoms with Crippen molar-refractivity contribution in [1.82, 2.24) is 13.7 Å². The lowest BCUT2D eigenvalue weighted by atomic mass is 9.73. The standard InChI is InChI=1S/C115H91N5/c1-113(2,3)81-46-36-45-77(63-81)78-60-62-99-94(66-78)107-91-61-59-79(80-64-82(114(4,5)6)68-83(65-80)115(7,8)9)67-100(91)120(112-93(74-39-18-11-19-40-74)72-104-109(106(112)76-43-22-13-23-44-76)90-54-31-35-58-98(90)117(104)85-49-26-15-27-50-85)102-70-86(118-95-55-32-28-51-87(95)88-52-29-33-56-96(88)118)69-101(110(102)107)119(99)111-92(73-37-16-10-17-38-73)71-103-108(105(111)75-41-20-12-21-42-75)89-53-30-34-57-97(89)116(103)84-47-24-14-25-48-84/h10-72,107H,1-9H3/i28D,29D,32D,33D,51D,52D,55D,56D. The third-order valence-electron chi connectivity index (χ3n) is 25.0. The molecule has 576 valence electrons. The summed E-state index contributed by atoms with van der Waals surface area (Å²) in [6, 6.07) is 117. The summed E-state index contributed by atoms with van der Waals surface area (Å²) in [5.74, 6) is -0.613. The Bertz CT molecular complexity index is 7910. The van der Waals surface area contributed by atoms with E-state index in [1.165, 1.54) is 16.7 Å². The van der Waals surface area contributed by atoms with Crippen molar-refractivity contribution in [2.75, 3.05) is 9.80 Å². The van der Waals surface area contributed by atoms with Gasteiger partial charge in [0.05, 0.1) is 83.9 Å². The summed E-state index contributed by atoms with van der Waals surface area (Å²) in [6.07, 6.45) is 0. The Balaban J connectivity index is 1.01. The molecule has 5 heterocycles. The van der Waals surface area contributed by atoms with E-state index in [9.17, 15) is 11.0 Å². The van der Waals surface area contributed by atoms with E-state index in [1.807, 2.05) is 0 Å². The Morgan fingerprint density at radius 1 is 0.250 bits per heavy atom. The highest BCUT2D eigenvalue weighted by Crippen LogP contribution is 2.66. The number of para-hydroxylation sites is 6. The van der Waals surface area contributed by atoms with Gasteiger partial charge in [-0.25, -0.2) is 0 Å². The minimum Gasteiger partial charge on any atom is -0.309 e. The van der Waals surface area contributed by atoms with Crippen LogP contribution in [0.3, 0.4) is 0 Å². The Labute approximate surface area is 713 Å². The van der Waals surface area contributed by atoms with Crippen LogP contribution in [0.2, 0.25) is 0 Å². The van der Waals surface area contributed by atoms with Crippen molar-refractivity contribution in [3.63, 3.8) is 0 Å². The monoisotopic (exact) mass is 1550 g/mol. The lowest BCUT2D eigenvalue weighted by Gasteiger charge is -2.47. The zero-order valence-corrected chi connectivity index (χ0v) is 68.6. The van der Waals surface area contributed by atoms with E-state index in [2.05, 4.69) is 415 Å². The second-order valence-electron chi connectivity index (χ2n) is 35.4. The first-order chi connectivity index (χ1) is 61.8. The van der Waals surface area contributed by atoms with Gasteiger partial charge in [0, 0.05) is 77.4 Å². The molecule has 1 unspecified atom stereocenters. The van der Waals surface area contributed by atoms with Crippen molar-refractivity contribution in [1.29, 1.82) is 0 Å². The number of anilines is 6. The van der Waals surface area contributed by atoms with E-state index in [0.717, 1.165) is 161 Å². The largest absolute Gasteiger partial charge is 0.309 e. The molecule has 1 atom stereocenters. The van der Waals surface area contributed by atoms with E-state index >= 15 is 0 Å². The minimum atomic E-state index is -0.613. The number of hydrogen-bond donors (Lipinski definition) is 0. The molecule has 0 spiro atoms. The number of aromatic nitrogens is 3. The van der Waals surface area contributed by atoms with Gasteiger partial charge in [-0.15, -0.1) is 0 Å². The molecule has 2 aliphatic heterocycles. The number of hydrogen-bond acceptors (Lipinski definition) is 2. The highest BCUT2D eigenvalue weighted by Gasteiger charge is 2.45. The van der Waals surface area contributed by atoms with Gasteiger partial charge in [0.15, 0.2) is 0 Å². The topological polar surface area (TPSA) is 21.3 Å². The highest BCUT2D eigenvalue weighted by atomic mass is 15.2. The van der Waals surface area contributed by atoms with E-state index in [4.69, 9.17) is 0 Å². The van der Waals surface area contributed by atoms with Gasteiger partial charge in [-0.2, -0.15) is 0 Å². The lowest BCUT2D eigenvalue weighted by molar-refractivity contribution is 0.569. The molecule has 22 rings (SSSR count). The van der Waals surface area contributed by atoms with Crippen molar-refractivity contribution in [2.45, 2.75) is 84.5 Å². The van der Waals surface area contributed by atoms with Crippen LogP contribution < -0.4 is 9.80 Å². The third kappa shape index (κ3) is 11.6. The molecule has 120 heavy (non-hydrogen) atoms. The van der Waals surface area contributed by atoms with Crippen LogP contribution in [0.1, 0.15) is 113 Å². The van der Waals surface area contributed by atoms with Gasteiger partial charge in [-0.1, -0.05) is 353 Å². The molecule has 0 bridgehead atoms. The summed E-state index contributed by atoms with van der Waals surface area (Å²) in [6.45, 7) is 20.5. The Morgan fingerprint density at radius 3 is 1.12 bits per heavy atom. The molecule has 0 fully saturated rings. The summed E-state index contributed by atoms with van der Waals surface area (Å²) < 4.78 is 86.3. The molecule has 3 aromatic heterocycles. The first kappa shape index (κ1) is 63.9. The molecule has 0 aliphatic carbocycles. The molecule has 20 aromatic rings. The normalized spacial score (nSPS) is 14.4. The number of fused-ring (bicyclic) bond motifs is 13. The second kappa shape index (κ2) is 27.7. The Kier molecular flexibility index (Phi) is 14.7. The van der Waals surface area contributed by atoms with Crippen LogP contribution in [-0.4, -0.2) is 13.7 Å². The van der Waals surface area contributed by atoms with E-state index in [-0.39, 0.29) is 38.1 Å². The van der Waals surface area contributed by atoms with Gasteiger partial charge >= 0.3 is 0 Å². The number of benzene rings is 17. The fourth-order valence-electron chi connectivity index (χ4n) is 19.3. The van der Waals surface area contributed by atoms with Crippen LogP contribution in [0.15, 0.2) is 382 Å². The van der Waals surface area contributed by atoms with Gasteiger partial charge in [-0.05, 0) is 180 Å². The molecule has 2 aliphatic rings. The first-order valence-corrected chi connectivity index (χ1v) is 41.7. The van der Waals surface area contributed by atoms with Crippen molar-refractivity contribution in [2.24, 2.45) is 0 Å². The van der Waals surface area contributed by atoms with Gasteiger partial charge in [-0.3, -0.25) is 0 Å². The number of rotatable bonds is 11. The molecule has 0 saturated carbocycles. The molecular formula is C115H91N5. The average Bonchev–Trinajstić information content (AvgIpc) is 0.905. The van der Waals surface area contributed by atoms with E-state index < -0.39 is 54.3 Å². The molecule has 0 saturated heterocycles. The molecule has 0 amide bonds. The first-order valence-electron chi connectivity index (χ1n) is 45.7. The highest BCUT2D eigenvalue weighted by molar-refractivity contribution is 6.25. The van der Waals surface area contributed by atoms with Crippen LogP contribution in [0.5, 0.6) is 0 Å². The van der Waals surface area contributed by atoms with Crippen molar-refractivity contribution < 1.29 is 11.0 Å². The molecule has 5 heteroatoms. The maximum absolute atomic E-state index is 10.5. The average molecular weight is 1550 g/mol. The molecule has 0 N–H and O–H groups in total. The van der Waals surface area contributed by atoms with E-state index in [0.29, 0.717) is 17.1 Å². The van der Waals surface area contributed by atoms with Gasteiger partial charge in [0.2, 0.25) is 0 Å². The smallest absolute Gasteiger partial charge is 0.0645 e. The molecular weight excluding hydrogens is 1450 g/mol. The molecule has 5 nitrogen and oxygen atoms in total. The van der Waals surface area contributed by atoms with Crippen LogP contribution >= 0.6 is 0 Å². The Hall–Kier alpha value is -14.3. The minimum absolute atomic E-state index is 0.000183. The zero-order chi connectivity index (χ0) is 88.0. The summed E-state index contributed by atoms with van der Waals surface area (Å²) >= 11 is 0. The summed E-state index contributed by atoms with van der Waals surface area (Å²) in [5.41, 5.74) is 28.6. The van der Waals surface area contributed by atoms with Gasteiger partial charge in [0.25, 0.3) is 0 Å². The van der Waals surface area contributed by atoms with Crippen LogP contribution in [0.4, 0.5) is 34.1 Å². The fraction of sp³-hybridized carbons (Fsp3) is 0.113. The summed E-state index contributed by atoms with van der Waals surface area (Å²) in [7, 11) is 0. The zero-order valence-electron chi connectivity index (χ0n) is 76.6. The van der Waals surface area contributed by atoms with E-state index in [1.54, 1.807) is 4.57 Å². The predicted octanol–water partition coefficient (Wildman–Crippen LogP) is 31.6. The van der Waals surface area contributed by atoms with Gasteiger partial charge in [0.1, 0.15) is 0 Å². The van der Waals surface area contributed by atoms with Gasteiger partial charge < -0.3 is 23.5 Å². The third-order valence-corrected chi connectivity index (χ3v) is 25.0. The van der Waals surface area contributed by atoms with Crippen molar-refractivity contribution in [3.05, 3.63) is 415 Å². The van der Waals surface area contributed by atoms with Crippen molar-refractivity contribution in [3.8, 4) is 83.8 Å². The van der Waals surface area contributed by atoms with Crippen LogP contribution in [0, 0.1) is 0 Å². The maximum Gasteiger partial charge on any atom is 0.0645 e. The predicted molar refractivity (Wildman–Crippen MR) is 508 cm³/mol. The Morgan fingerprint density at radius 2 is 0.642 bits per heavy atom. The van der Waals surface area contributed by atoms with Crippen molar-refractivity contribution >= 4 is 99.5 Å². The van der Waals surface area contributed by atoms with Crippen LogP contribution in [0.25, 0.3) is 149 Å². The van der Waals surface area contributed by atoms with Crippen LogP contribution in [-0.2, 0) is 16.2 Å². The summed E-state index contributed by atoms with van der Waals surface area (Å²) in [4.78, 5) is 5.03. The second-order valence-corrected chi connectivity index (χ2v) is 35.4. The lowest BCUT2D eigenvalue weighted by Crippen LogP contribution is -2.30.